The fourth-order valence-corrected chi connectivity index (χ4v) is 2.89. The van der Waals surface area contributed by atoms with Crippen LogP contribution < -0.4 is 5.32 Å². The highest BCUT2D eigenvalue weighted by Gasteiger charge is 2.47. The van der Waals surface area contributed by atoms with E-state index in [4.69, 9.17) is 4.74 Å². The van der Waals surface area contributed by atoms with Gasteiger partial charge in [0.1, 0.15) is 0 Å². The zero-order chi connectivity index (χ0) is 16.1. The van der Waals surface area contributed by atoms with Crippen LogP contribution in [-0.4, -0.2) is 18.5 Å². The van der Waals surface area contributed by atoms with Crippen molar-refractivity contribution in [3.05, 3.63) is 66.2 Å². The quantitative estimate of drug-likeness (QED) is 0.862. The lowest BCUT2D eigenvalue weighted by Gasteiger charge is -2.39. The lowest BCUT2D eigenvalue weighted by Crippen LogP contribution is -2.44. The molecule has 1 fully saturated rings. The first-order chi connectivity index (χ1) is 11.2. The van der Waals surface area contributed by atoms with E-state index in [1.54, 1.807) is 12.1 Å². The number of anilines is 1. The molecular formula is C19H19NO3. The Morgan fingerprint density at radius 2 is 1.57 bits per heavy atom. The molecule has 4 heteroatoms. The summed E-state index contributed by atoms with van der Waals surface area (Å²) in [6, 6.07) is 18.8. The molecule has 0 spiro atoms. The molecule has 2 aromatic carbocycles. The van der Waals surface area contributed by atoms with Gasteiger partial charge in [0.15, 0.2) is 6.61 Å². The molecule has 1 aliphatic rings. The molecule has 0 aliphatic heterocycles. The number of carbonyl (C=O) groups is 2. The second-order valence-electron chi connectivity index (χ2n) is 5.79. The first kappa shape index (κ1) is 15.3. The number of benzene rings is 2. The lowest BCUT2D eigenvalue weighted by atomic mass is 9.64. The molecular weight excluding hydrogens is 290 g/mol. The van der Waals surface area contributed by atoms with Crippen LogP contribution in [0.1, 0.15) is 24.8 Å². The highest BCUT2D eigenvalue weighted by atomic mass is 16.5. The summed E-state index contributed by atoms with van der Waals surface area (Å²) in [6.45, 7) is -0.262. The van der Waals surface area contributed by atoms with Gasteiger partial charge in [-0.1, -0.05) is 55.0 Å². The Hall–Kier alpha value is -2.62. The number of hydrogen-bond donors (Lipinski definition) is 1. The summed E-state index contributed by atoms with van der Waals surface area (Å²) < 4.78 is 5.29. The number of amides is 1. The molecule has 0 radical (unpaired) electrons. The molecule has 118 valence electrons. The van der Waals surface area contributed by atoms with Crippen molar-refractivity contribution in [1.82, 2.24) is 0 Å². The maximum Gasteiger partial charge on any atom is 0.317 e. The molecule has 0 atom stereocenters. The van der Waals surface area contributed by atoms with Crippen molar-refractivity contribution >= 4 is 17.6 Å². The molecule has 2 aromatic rings. The smallest absolute Gasteiger partial charge is 0.317 e. The van der Waals surface area contributed by atoms with Crippen molar-refractivity contribution in [3.63, 3.8) is 0 Å². The van der Waals surface area contributed by atoms with Crippen LogP contribution in [0.2, 0.25) is 0 Å². The van der Waals surface area contributed by atoms with Crippen LogP contribution in [0.5, 0.6) is 0 Å². The van der Waals surface area contributed by atoms with Gasteiger partial charge in [-0.3, -0.25) is 9.59 Å². The molecule has 1 aliphatic carbocycles. The van der Waals surface area contributed by atoms with Gasteiger partial charge in [0, 0.05) is 5.69 Å². The van der Waals surface area contributed by atoms with Crippen molar-refractivity contribution in [3.8, 4) is 0 Å². The first-order valence-electron chi connectivity index (χ1n) is 7.78. The fraction of sp³-hybridized carbons (Fsp3) is 0.263. The summed E-state index contributed by atoms with van der Waals surface area (Å²) in [7, 11) is 0. The minimum Gasteiger partial charge on any atom is -0.455 e. The van der Waals surface area contributed by atoms with E-state index in [-0.39, 0.29) is 18.5 Å². The van der Waals surface area contributed by atoms with Crippen LogP contribution in [0.15, 0.2) is 60.7 Å². The molecule has 0 bridgehead atoms. The van der Waals surface area contributed by atoms with Gasteiger partial charge in [-0.2, -0.15) is 0 Å². The van der Waals surface area contributed by atoms with Crippen molar-refractivity contribution in [2.24, 2.45) is 0 Å². The zero-order valence-corrected chi connectivity index (χ0v) is 12.8. The maximum atomic E-state index is 12.5. The third kappa shape index (κ3) is 3.26. The summed E-state index contributed by atoms with van der Waals surface area (Å²) in [4.78, 5) is 24.4. The second-order valence-corrected chi connectivity index (χ2v) is 5.79. The summed E-state index contributed by atoms with van der Waals surface area (Å²) in [5, 5.41) is 2.71. The van der Waals surface area contributed by atoms with Gasteiger partial charge in [-0.15, -0.1) is 0 Å². The van der Waals surface area contributed by atoms with Crippen LogP contribution in [-0.2, 0) is 19.7 Å². The third-order valence-electron chi connectivity index (χ3n) is 4.32. The predicted molar refractivity (Wildman–Crippen MR) is 88.0 cm³/mol. The number of hydrogen-bond acceptors (Lipinski definition) is 3. The summed E-state index contributed by atoms with van der Waals surface area (Å²) in [6.07, 6.45) is 2.55. The van der Waals surface area contributed by atoms with Crippen molar-refractivity contribution in [1.29, 1.82) is 0 Å². The number of nitrogens with one attached hydrogen (secondary N) is 1. The van der Waals surface area contributed by atoms with Gasteiger partial charge in [0.2, 0.25) is 0 Å². The van der Waals surface area contributed by atoms with Gasteiger partial charge in [-0.25, -0.2) is 0 Å². The highest BCUT2D eigenvalue weighted by molar-refractivity contribution is 5.94. The van der Waals surface area contributed by atoms with Crippen LogP contribution in [0.4, 0.5) is 5.69 Å². The predicted octanol–water partition coefficient (Wildman–Crippen LogP) is 3.29. The summed E-state index contributed by atoms with van der Waals surface area (Å²) in [5.41, 5.74) is 1.09. The van der Waals surface area contributed by atoms with Crippen molar-refractivity contribution in [2.75, 3.05) is 11.9 Å². The molecule has 3 rings (SSSR count). The Bertz CT molecular complexity index is 678. The van der Waals surface area contributed by atoms with E-state index >= 15 is 0 Å². The van der Waals surface area contributed by atoms with E-state index in [1.165, 1.54) is 0 Å². The lowest BCUT2D eigenvalue weighted by molar-refractivity contribution is -0.156. The number of carbonyl (C=O) groups excluding carboxylic acids is 2. The van der Waals surface area contributed by atoms with E-state index in [2.05, 4.69) is 5.32 Å². The minimum atomic E-state index is -0.575. The topological polar surface area (TPSA) is 55.4 Å². The van der Waals surface area contributed by atoms with Gasteiger partial charge in [-0.05, 0) is 30.5 Å². The molecule has 1 N–H and O–H groups in total. The van der Waals surface area contributed by atoms with Gasteiger partial charge in [0.05, 0.1) is 5.41 Å². The molecule has 0 saturated heterocycles. The Morgan fingerprint density at radius 1 is 0.957 bits per heavy atom. The van der Waals surface area contributed by atoms with Crippen LogP contribution in [0.3, 0.4) is 0 Å². The Balaban J connectivity index is 1.59. The molecule has 1 saturated carbocycles. The van der Waals surface area contributed by atoms with E-state index < -0.39 is 5.41 Å². The molecule has 4 nitrogen and oxygen atoms in total. The third-order valence-corrected chi connectivity index (χ3v) is 4.32. The van der Waals surface area contributed by atoms with E-state index in [9.17, 15) is 9.59 Å². The average Bonchev–Trinajstić information content (AvgIpc) is 2.54. The Kier molecular flexibility index (Phi) is 4.42. The highest BCUT2D eigenvalue weighted by Crippen LogP contribution is 2.44. The number of esters is 1. The second kappa shape index (κ2) is 6.65. The van der Waals surface area contributed by atoms with E-state index in [0.29, 0.717) is 5.69 Å². The maximum absolute atomic E-state index is 12.5. The molecule has 23 heavy (non-hydrogen) atoms. The van der Waals surface area contributed by atoms with Gasteiger partial charge in [0.25, 0.3) is 5.91 Å². The Morgan fingerprint density at radius 3 is 2.13 bits per heavy atom. The number of para-hydroxylation sites is 1. The van der Waals surface area contributed by atoms with Crippen molar-refractivity contribution < 1.29 is 14.3 Å². The van der Waals surface area contributed by atoms with E-state index in [1.807, 2.05) is 48.5 Å². The van der Waals surface area contributed by atoms with Crippen LogP contribution >= 0.6 is 0 Å². The molecule has 0 heterocycles. The molecule has 0 unspecified atom stereocenters. The first-order valence-corrected chi connectivity index (χ1v) is 7.78. The number of rotatable bonds is 5. The largest absolute Gasteiger partial charge is 0.455 e. The standard InChI is InChI=1S/C19H19NO3/c21-17(20-16-10-5-2-6-11-16)14-23-18(22)19(12-7-13-19)15-8-3-1-4-9-15/h1-6,8-11H,7,12-14H2,(H,20,21). The Labute approximate surface area is 135 Å². The van der Waals surface area contributed by atoms with Gasteiger partial charge >= 0.3 is 5.97 Å². The molecule has 1 amide bonds. The monoisotopic (exact) mass is 309 g/mol. The summed E-state index contributed by atoms with van der Waals surface area (Å²) in [5.74, 6) is -0.634. The van der Waals surface area contributed by atoms with E-state index in [0.717, 1.165) is 24.8 Å². The molecule has 0 aromatic heterocycles. The normalized spacial score (nSPS) is 15.3. The van der Waals surface area contributed by atoms with Crippen LogP contribution in [0.25, 0.3) is 0 Å². The minimum absolute atomic E-state index is 0.262. The summed E-state index contributed by atoms with van der Waals surface area (Å²) >= 11 is 0. The van der Waals surface area contributed by atoms with Crippen molar-refractivity contribution in [2.45, 2.75) is 24.7 Å². The van der Waals surface area contributed by atoms with Gasteiger partial charge < -0.3 is 10.1 Å². The zero-order valence-electron chi connectivity index (χ0n) is 12.8. The SMILES string of the molecule is O=C(COC(=O)C1(c2ccccc2)CCC1)Nc1ccccc1. The van der Waals surface area contributed by atoms with Crippen LogP contribution in [0, 0.1) is 0 Å². The number of ether oxygens (including phenoxy) is 1. The fourth-order valence-electron chi connectivity index (χ4n) is 2.89. The average molecular weight is 309 g/mol.